The lowest BCUT2D eigenvalue weighted by Crippen LogP contribution is -2.44. The number of nitrogens with zero attached hydrogens (tertiary/aromatic N) is 2. The number of carbonyl (C=O) groups is 4. The molecule has 0 saturated carbocycles. The molecular weight excluding hydrogens is 398 g/mol. The third kappa shape index (κ3) is 4.74. The normalized spacial score (nSPS) is 17.9. The number of hydrogen-bond acceptors (Lipinski definition) is 5. The molecule has 0 aliphatic carbocycles. The number of amides is 4. The maximum atomic E-state index is 13.0. The van der Waals surface area contributed by atoms with Gasteiger partial charge in [0.1, 0.15) is 12.1 Å². The Hall–Kier alpha value is -3.68. The Balaban J connectivity index is 1.57. The summed E-state index contributed by atoms with van der Waals surface area (Å²) in [6, 6.07) is 17.6. The van der Waals surface area contributed by atoms with E-state index < -0.39 is 36.6 Å². The molecule has 1 heterocycles. The van der Waals surface area contributed by atoms with Crippen LogP contribution < -0.4 is 5.32 Å². The fourth-order valence-electron chi connectivity index (χ4n) is 3.50. The number of ether oxygens (including phenoxy) is 1. The van der Waals surface area contributed by atoms with Crippen LogP contribution in [-0.2, 0) is 31.2 Å². The van der Waals surface area contributed by atoms with Crippen LogP contribution >= 0.6 is 0 Å². The second kappa shape index (κ2) is 9.42. The first-order valence-electron chi connectivity index (χ1n) is 10.0. The van der Waals surface area contributed by atoms with E-state index in [1.807, 2.05) is 36.4 Å². The summed E-state index contributed by atoms with van der Waals surface area (Å²) in [5.74, 6) is -1.73. The molecular formula is C23H25N3O5. The SMILES string of the molecule is CCC1(c2ccccc2)NC(=O)N(CC(=O)OCC(=O)N(C)Cc2ccccc2)C1=O. The van der Waals surface area contributed by atoms with Crippen LogP contribution in [0.5, 0.6) is 0 Å². The number of nitrogens with one attached hydrogen (secondary N) is 1. The van der Waals surface area contributed by atoms with Crippen LogP contribution in [-0.4, -0.2) is 53.8 Å². The Labute approximate surface area is 180 Å². The van der Waals surface area contributed by atoms with Crippen molar-refractivity contribution in [3.05, 3.63) is 71.8 Å². The number of benzene rings is 2. The summed E-state index contributed by atoms with van der Waals surface area (Å²) in [5.41, 5.74) is 0.370. The number of imide groups is 1. The molecule has 0 radical (unpaired) electrons. The van der Waals surface area contributed by atoms with Crippen LogP contribution in [0.15, 0.2) is 60.7 Å². The number of likely N-dealkylation sites (N-methyl/N-ethyl adjacent to an activating group) is 1. The molecule has 0 spiro atoms. The van der Waals surface area contributed by atoms with Gasteiger partial charge in [-0.1, -0.05) is 67.6 Å². The average molecular weight is 423 g/mol. The molecule has 31 heavy (non-hydrogen) atoms. The van der Waals surface area contributed by atoms with Gasteiger partial charge in [-0.05, 0) is 17.5 Å². The summed E-state index contributed by atoms with van der Waals surface area (Å²) in [7, 11) is 1.61. The molecule has 1 fully saturated rings. The summed E-state index contributed by atoms with van der Waals surface area (Å²) in [5, 5.41) is 2.70. The molecule has 3 rings (SSSR count). The van der Waals surface area contributed by atoms with E-state index in [4.69, 9.17) is 4.74 Å². The molecule has 1 aliphatic heterocycles. The molecule has 2 aromatic rings. The van der Waals surface area contributed by atoms with Gasteiger partial charge in [-0.3, -0.25) is 19.3 Å². The molecule has 1 atom stereocenters. The predicted molar refractivity (Wildman–Crippen MR) is 113 cm³/mol. The van der Waals surface area contributed by atoms with Gasteiger partial charge in [0.05, 0.1) is 0 Å². The van der Waals surface area contributed by atoms with Crippen molar-refractivity contribution in [3.8, 4) is 0 Å². The van der Waals surface area contributed by atoms with E-state index in [0.717, 1.165) is 10.5 Å². The molecule has 0 aromatic heterocycles. The van der Waals surface area contributed by atoms with E-state index >= 15 is 0 Å². The van der Waals surface area contributed by atoms with Crippen molar-refractivity contribution in [2.75, 3.05) is 20.2 Å². The van der Waals surface area contributed by atoms with Gasteiger partial charge in [0.2, 0.25) is 0 Å². The van der Waals surface area contributed by atoms with Crippen molar-refractivity contribution in [2.45, 2.75) is 25.4 Å². The second-order valence-corrected chi connectivity index (χ2v) is 7.34. The zero-order chi connectivity index (χ0) is 22.4. The monoisotopic (exact) mass is 423 g/mol. The Morgan fingerprint density at radius 3 is 2.26 bits per heavy atom. The number of urea groups is 1. The minimum Gasteiger partial charge on any atom is -0.454 e. The first-order valence-corrected chi connectivity index (χ1v) is 10.0. The molecule has 8 heteroatoms. The van der Waals surface area contributed by atoms with Crippen molar-refractivity contribution in [3.63, 3.8) is 0 Å². The molecule has 2 aromatic carbocycles. The van der Waals surface area contributed by atoms with Gasteiger partial charge >= 0.3 is 12.0 Å². The van der Waals surface area contributed by atoms with Gasteiger partial charge in [-0.2, -0.15) is 0 Å². The summed E-state index contributed by atoms with van der Waals surface area (Å²) < 4.78 is 5.02. The van der Waals surface area contributed by atoms with Crippen LogP contribution in [0.1, 0.15) is 24.5 Å². The van der Waals surface area contributed by atoms with Crippen LogP contribution in [0, 0.1) is 0 Å². The van der Waals surface area contributed by atoms with Crippen LogP contribution in [0.3, 0.4) is 0 Å². The highest BCUT2D eigenvalue weighted by atomic mass is 16.5. The minimum absolute atomic E-state index is 0.329. The molecule has 0 bridgehead atoms. The van der Waals surface area contributed by atoms with Crippen LogP contribution in [0.2, 0.25) is 0 Å². The standard InChI is InChI=1S/C23H25N3O5/c1-3-23(18-12-8-5-9-13-18)21(29)26(22(30)24-23)15-20(28)31-16-19(27)25(2)14-17-10-6-4-7-11-17/h4-13H,3,14-16H2,1-2H3,(H,24,30). The summed E-state index contributed by atoms with van der Waals surface area (Å²) in [6.45, 7) is 1.13. The highest BCUT2D eigenvalue weighted by Gasteiger charge is 2.51. The van der Waals surface area contributed by atoms with Gasteiger partial charge in [-0.25, -0.2) is 4.79 Å². The van der Waals surface area contributed by atoms with E-state index in [-0.39, 0.29) is 5.91 Å². The maximum absolute atomic E-state index is 13.0. The first-order chi connectivity index (χ1) is 14.9. The Kier molecular flexibility index (Phi) is 6.69. The van der Waals surface area contributed by atoms with Gasteiger partial charge in [0, 0.05) is 13.6 Å². The highest BCUT2D eigenvalue weighted by molar-refractivity contribution is 6.09. The molecule has 1 unspecified atom stereocenters. The molecule has 1 aliphatic rings. The summed E-state index contributed by atoms with van der Waals surface area (Å²) >= 11 is 0. The van der Waals surface area contributed by atoms with Crippen molar-refractivity contribution in [2.24, 2.45) is 0 Å². The minimum atomic E-state index is -1.22. The number of esters is 1. The van der Waals surface area contributed by atoms with E-state index in [2.05, 4.69) is 5.32 Å². The quantitative estimate of drug-likeness (QED) is 0.518. The van der Waals surface area contributed by atoms with Crippen molar-refractivity contribution in [1.29, 1.82) is 0 Å². The third-order valence-corrected chi connectivity index (χ3v) is 5.30. The Morgan fingerprint density at radius 2 is 1.65 bits per heavy atom. The van der Waals surface area contributed by atoms with Gasteiger partial charge in [0.25, 0.3) is 11.8 Å². The lowest BCUT2D eigenvalue weighted by Gasteiger charge is -2.25. The topological polar surface area (TPSA) is 96.0 Å². The Bertz CT molecular complexity index is 964. The second-order valence-electron chi connectivity index (χ2n) is 7.34. The maximum Gasteiger partial charge on any atom is 0.326 e. The number of rotatable bonds is 8. The Morgan fingerprint density at radius 1 is 1.03 bits per heavy atom. The van der Waals surface area contributed by atoms with E-state index in [9.17, 15) is 19.2 Å². The zero-order valence-electron chi connectivity index (χ0n) is 17.5. The van der Waals surface area contributed by atoms with Crippen LogP contribution in [0.25, 0.3) is 0 Å². The smallest absolute Gasteiger partial charge is 0.326 e. The van der Waals surface area contributed by atoms with E-state index in [1.165, 1.54) is 4.90 Å². The van der Waals surface area contributed by atoms with Crippen molar-refractivity contribution >= 4 is 23.8 Å². The first kappa shape index (κ1) is 22.0. The molecule has 1 saturated heterocycles. The number of carbonyl (C=O) groups excluding carboxylic acids is 4. The lowest BCUT2D eigenvalue weighted by atomic mass is 9.87. The fourth-order valence-corrected chi connectivity index (χ4v) is 3.50. The van der Waals surface area contributed by atoms with E-state index in [1.54, 1.807) is 38.2 Å². The van der Waals surface area contributed by atoms with Crippen molar-refractivity contribution < 1.29 is 23.9 Å². The van der Waals surface area contributed by atoms with Gasteiger partial charge in [0.15, 0.2) is 6.61 Å². The summed E-state index contributed by atoms with van der Waals surface area (Å²) in [4.78, 5) is 52.2. The molecule has 162 valence electrons. The number of hydrogen-bond donors (Lipinski definition) is 1. The molecule has 8 nitrogen and oxygen atoms in total. The average Bonchev–Trinajstić information content (AvgIpc) is 3.03. The van der Waals surface area contributed by atoms with Crippen molar-refractivity contribution in [1.82, 2.24) is 15.1 Å². The largest absolute Gasteiger partial charge is 0.454 e. The highest BCUT2D eigenvalue weighted by Crippen LogP contribution is 2.32. The van der Waals surface area contributed by atoms with Gasteiger partial charge < -0.3 is 15.0 Å². The molecule has 1 N–H and O–H groups in total. The van der Waals surface area contributed by atoms with Crippen LogP contribution in [0.4, 0.5) is 4.79 Å². The lowest BCUT2D eigenvalue weighted by molar-refractivity contribution is -0.153. The fraction of sp³-hybridized carbons (Fsp3) is 0.304. The van der Waals surface area contributed by atoms with Gasteiger partial charge in [-0.15, -0.1) is 0 Å². The van der Waals surface area contributed by atoms with E-state index in [0.29, 0.717) is 18.5 Å². The summed E-state index contributed by atoms with van der Waals surface area (Å²) in [6.07, 6.45) is 0.329. The third-order valence-electron chi connectivity index (χ3n) is 5.30. The molecule has 4 amide bonds. The predicted octanol–water partition coefficient (Wildman–Crippen LogP) is 2.05. The zero-order valence-corrected chi connectivity index (χ0v) is 17.5.